The molecule has 0 bridgehead atoms. The van der Waals surface area contributed by atoms with Crippen molar-refractivity contribution in [1.82, 2.24) is 4.90 Å². The number of para-hydroxylation sites is 1. The molecule has 0 aliphatic carbocycles. The number of carbonyl (C=O) groups excluding carboxylic acids is 1. The number of rotatable bonds is 9. The molecule has 4 rings (SSSR count). The van der Waals surface area contributed by atoms with Gasteiger partial charge in [0.2, 0.25) is 10.0 Å². The highest BCUT2D eigenvalue weighted by molar-refractivity contribution is 7.93. The minimum atomic E-state index is -3.50. The number of carbonyl (C=O) groups is 1. The molecule has 2 N–H and O–H groups in total. The van der Waals surface area contributed by atoms with Crippen LogP contribution < -0.4 is 14.9 Å². The Hall–Kier alpha value is -3.62. The third kappa shape index (κ3) is 5.29. The lowest BCUT2D eigenvalue weighted by molar-refractivity contribution is -0.110. The zero-order valence-electron chi connectivity index (χ0n) is 21.0. The van der Waals surface area contributed by atoms with Gasteiger partial charge in [0.25, 0.3) is 5.91 Å². The predicted molar refractivity (Wildman–Crippen MR) is 148 cm³/mol. The summed E-state index contributed by atoms with van der Waals surface area (Å²) in [5.41, 5.74) is 5.09. The van der Waals surface area contributed by atoms with Gasteiger partial charge in [0.1, 0.15) is 0 Å². The van der Waals surface area contributed by atoms with Crippen molar-refractivity contribution in [3.8, 4) is 0 Å². The second kappa shape index (κ2) is 10.6. The second-order valence-electron chi connectivity index (χ2n) is 9.26. The molecule has 1 aliphatic heterocycles. The summed E-state index contributed by atoms with van der Waals surface area (Å²) < 4.78 is 27.6. The monoisotopic (exact) mass is 504 g/mol. The number of likely N-dealkylation sites (N-methyl/N-ethyl adjacent to an activating group) is 1. The number of hydrogen-bond acceptors (Lipinski definition) is 5. The number of nitrogens with one attached hydrogen (secondary N) is 2. The van der Waals surface area contributed by atoms with Crippen LogP contribution in [0.1, 0.15) is 25.0 Å². The van der Waals surface area contributed by atoms with Crippen molar-refractivity contribution in [3.05, 3.63) is 90.0 Å². The molecular weight excluding hydrogens is 472 g/mol. The number of sulfonamides is 1. The van der Waals surface area contributed by atoms with Gasteiger partial charge in [0, 0.05) is 30.0 Å². The topological polar surface area (TPSA) is 81.8 Å². The molecule has 0 saturated heterocycles. The molecule has 0 saturated carbocycles. The Balaban J connectivity index is 1.72. The molecule has 3 aromatic carbocycles. The zero-order chi connectivity index (χ0) is 25.9. The molecule has 188 valence electrons. The van der Waals surface area contributed by atoms with Crippen LogP contribution in [-0.2, 0) is 14.8 Å². The van der Waals surface area contributed by atoms with Gasteiger partial charge in [0.15, 0.2) is 0 Å². The van der Waals surface area contributed by atoms with E-state index in [1.165, 1.54) is 4.31 Å². The highest BCUT2D eigenvalue weighted by atomic mass is 32.2. The number of nitrogens with zero attached hydrogens (tertiary/aromatic N) is 2. The maximum atomic E-state index is 13.1. The zero-order valence-corrected chi connectivity index (χ0v) is 21.8. The molecule has 0 radical (unpaired) electrons. The SMILES string of the molecule is CC(C)S(=O)(=O)N(CCN(C)C)c1ccc(NC(=C2C(=O)Nc3ccccc32)c2ccccc2)cc1. The van der Waals surface area contributed by atoms with Crippen LogP contribution in [0.3, 0.4) is 0 Å². The Morgan fingerprint density at radius 2 is 1.53 bits per heavy atom. The smallest absolute Gasteiger partial charge is 0.258 e. The molecule has 7 nitrogen and oxygen atoms in total. The van der Waals surface area contributed by atoms with Gasteiger partial charge >= 0.3 is 0 Å². The predicted octanol–water partition coefficient (Wildman–Crippen LogP) is 4.73. The van der Waals surface area contributed by atoms with Crippen molar-refractivity contribution in [2.75, 3.05) is 42.1 Å². The number of anilines is 3. The normalized spacial score (nSPS) is 14.6. The molecule has 8 heteroatoms. The van der Waals surface area contributed by atoms with E-state index in [0.29, 0.717) is 30.0 Å². The maximum Gasteiger partial charge on any atom is 0.258 e. The minimum absolute atomic E-state index is 0.169. The average molecular weight is 505 g/mol. The van der Waals surface area contributed by atoms with Gasteiger partial charge in [0.05, 0.1) is 22.2 Å². The van der Waals surface area contributed by atoms with Crippen LogP contribution in [0.4, 0.5) is 17.1 Å². The molecule has 0 unspecified atom stereocenters. The summed E-state index contributed by atoms with van der Waals surface area (Å²) in [6.45, 7) is 4.34. The number of fused-ring (bicyclic) bond motifs is 1. The van der Waals surface area contributed by atoms with Crippen LogP contribution in [0.5, 0.6) is 0 Å². The van der Waals surface area contributed by atoms with Crippen molar-refractivity contribution in [1.29, 1.82) is 0 Å². The van der Waals surface area contributed by atoms with Gasteiger partial charge in [-0.15, -0.1) is 0 Å². The summed E-state index contributed by atoms with van der Waals surface area (Å²) in [5.74, 6) is -0.169. The Bertz CT molecular complexity index is 1370. The van der Waals surface area contributed by atoms with Gasteiger partial charge in [-0.2, -0.15) is 0 Å². The van der Waals surface area contributed by atoms with E-state index in [0.717, 1.165) is 22.5 Å². The quantitative estimate of drug-likeness (QED) is 0.412. The first-order valence-corrected chi connectivity index (χ1v) is 13.4. The van der Waals surface area contributed by atoms with Crippen molar-refractivity contribution in [2.45, 2.75) is 19.1 Å². The molecular formula is C28H32N4O3S. The molecule has 1 amide bonds. The van der Waals surface area contributed by atoms with Crippen molar-refractivity contribution < 1.29 is 13.2 Å². The molecule has 0 atom stereocenters. The molecule has 0 aromatic heterocycles. The van der Waals surface area contributed by atoms with Crippen LogP contribution in [0.25, 0.3) is 11.3 Å². The van der Waals surface area contributed by atoms with Crippen LogP contribution in [0.2, 0.25) is 0 Å². The maximum absolute atomic E-state index is 13.1. The van der Waals surface area contributed by atoms with Crippen molar-refractivity contribution in [3.63, 3.8) is 0 Å². The lowest BCUT2D eigenvalue weighted by atomic mass is 10.00. The fraction of sp³-hybridized carbons (Fsp3) is 0.250. The molecule has 1 heterocycles. The van der Waals surface area contributed by atoms with Gasteiger partial charge < -0.3 is 15.5 Å². The van der Waals surface area contributed by atoms with Crippen LogP contribution in [0, 0.1) is 0 Å². The Morgan fingerprint density at radius 1 is 0.889 bits per heavy atom. The Labute approximate surface area is 213 Å². The Kier molecular flexibility index (Phi) is 7.47. The summed E-state index contributed by atoms with van der Waals surface area (Å²) in [6.07, 6.45) is 0. The van der Waals surface area contributed by atoms with Gasteiger partial charge in [-0.1, -0.05) is 48.5 Å². The minimum Gasteiger partial charge on any atom is -0.354 e. The van der Waals surface area contributed by atoms with E-state index in [1.54, 1.807) is 26.0 Å². The van der Waals surface area contributed by atoms with E-state index in [-0.39, 0.29) is 5.91 Å². The first kappa shape index (κ1) is 25.5. The third-order valence-corrected chi connectivity index (χ3v) is 8.26. The number of benzene rings is 3. The Morgan fingerprint density at radius 3 is 2.17 bits per heavy atom. The van der Waals surface area contributed by atoms with Crippen molar-refractivity contribution >= 4 is 44.3 Å². The highest BCUT2D eigenvalue weighted by Crippen LogP contribution is 2.37. The molecule has 1 aliphatic rings. The first-order chi connectivity index (χ1) is 17.2. The third-order valence-electron chi connectivity index (χ3n) is 6.06. The molecule has 0 fully saturated rings. The second-order valence-corrected chi connectivity index (χ2v) is 11.7. The van der Waals surface area contributed by atoms with E-state index in [4.69, 9.17) is 0 Å². The molecule has 3 aromatic rings. The summed E-state index contributed by atoms with van der Waals surface area (Å²) in [5, 5.41) is 5.84. The largest absolute Gasteiger partial charge is 0.354 e. The summed E-state index contributed by atoms with van der Waals surface area (Å²) in [7, 11) is 0.343. The van der Waals surface area contributed by atoms with E-state index in [2.05, 4.69) is 10.6 Å². The van der Waals surface area contributed by atoms with Crippen molar-refractivity contribution in [2.24, 2.45) is 0 Å². The van der Waals surface area contributed by atoms with Gasteiger partial charge in [-0.25, -0.2) is 8.42 Å². The molecule has 0 spiro atoms. The van der Waals surface area contributed by atoms with Crippen LogP contribution >= 0.6 is 0 Å². The summed E-state index contributed by atoms with van der Waals surface area (Å²) >= 11 is 0. The fourth-order valence-electron chi connectivity index (χ4n) is 4.05. The first-order valence-electron chi connectivity index (χ1n) is 11.9. The van der Waals surface area contributed by atoms with E-state index in [1.807, 2.05) is 85.7 Å². The lowest BCUT2D eigenvalue weighted by Gasteiger charge is -2.28. The van der Waals surface area contributed by atoms with Gasteiger partial charge in [-0.3, -0.25) is 9.10 Å². The number of hydrogen-bond donors (Lipinski definition) is 2. The van der Waals surface area contributed by atoms with E-state index in [9.17, 15) is 13.2 Å². The lowest BCUT2D eigenvalue weighted by Crippen LogP contribution is -2.40. The highest BCUT2D eigenvalue weighted by Gasteiger charge is 2.29. The fourth-order valence-corrected chi connectivity index (χ4v) is 5.31. The van der Waals surface area contributed by atoms with Crippen LogP contribution in [-0.4, -0.2) is 51.7 Å². The summed E-state index contributed by atoms with van der Waals surface area (Å²) in [4.78, 5) is 15.0. The number of amides is 1. The molecule has 36 heavy (non-hydrogen) atoms. The van der Waals surface area contributed by atoms with Crippen LogP contribution in [0.15, 0.2) is 78.9 Å². The van der Waals surface area contributed by atoms with E-state index >= 15 is 0 Å². The van der Waals surface area contributed by atoms with Gasteiger partial charge in [-0.05, 0) is 63.8 Å². The summed E-state index contributed by atoms with van der Waals surface area (Å²) in [6, 6.07) is 24.6. The van der Waals surface area contributed by atoms with E-state index < -0.39 is 15.3 Å². The average Bonchev–Trinajstić information content (AvgIpc) is 3.19. The standard InChI is InChI=1S/C28H32N4O3S/c1-20(2)36(34,35)32(19-18-31(3)4)23-16-14-22(15-17-23)29-27(21-10-6-5-7-11-21)26-24-12-8-9-13-25(24)30-28(26)33/h5-17,20,29H,18-19H2,1-4H3,(H,30,33).